The van der Waals surface area contributed by atoms with Crippen molar-refractivity contribution in [2.24, 2.45) is 0 Å². The van der Waals surface area contributed by atoms with Gasteiger partial charge in [0.15, 0.2) is 0 Å². The van der Waals surface area contributed by atoms with Crippen LogP contribution in [0.3, 0.4) is 0 Å². The van der Waals surface area contributed by atoms with Gasteiger partial charge in [-0.2, -0.15) is 5.26 Å². The van der Waals surface area contributed by atoms with E-state index < -0.39 is 11.9 Å². The number of piperidine rings is 1. The summed E-state index contributed by atoms with van der Waals surface area (Å²) in [4.78, 5) is 6.84. The van der Waals surface area contributed by atoms with E-state index in [1.807, 2.05) is 12.3 Å². The van der Waals surface area contributed by atoms with Crippen LogP contribution in [0.1, 0.15) is 30.0 Å². The molecule has 2 aliphatic heterocycles. The van der Waals surface area contributed by atoms with E-state index in [4.69, 9.17) is 27.9 Å². The molecule has 4 N–H and O–H groups in total. The number of fused-ring (bicyclic) bond motifs is 1. The molecule has 0 saturated carbocycles. The topological polar surface area (TPSA) is 101 Å². The quantitative estimate of drug-likeness (QED) is 0.145. The zero-order valence-corrected chi connectivity index (χ0v) is 26.5. The normalized spacial score (nSPS) is 16.2. The molecule has 0 bridgehead atoms. The number of halogens is 4. The van der Waals surface area contributed by atoms with Gasteiger partial charge in [-0.3, -0.25) is 9.99 Å². The predicted octanol–water partition coefficient (Wildman–Crippen LogP) is 6.87. The van der Waals surface area contributed by atoms with Gasteiger partial charge in [-0.25, -0.2) is 8.78 Å². The Morgan fingerprint density at radius 1 is 1.07 bits per heavy atom. The highest BCUT2D eigenvalue weighted by Gasteiger charge is 2.29. The molecule has 46 heavy (non-hydrogen) atoms. The smallest absolute Gasteiger partial charge is 0.141 e. The molecule has 1 fully saturated rings. The maximum Gasteiger partial charge on any atom is 0.141 e. The molecule has 2 aliphatic rings. The number of pyridine rings is 1. The van der Waals surface area contributed by atoms with Gasteiger partial charge in [0, 0.05) is 61.9 Å². The Balaban J connectivity index is 1.32. The van der Waals surface area contributed by atoms with Gasteiger partial charge in [-0.15, -0.1) is 5.53 Å². The van der Waals surface area contributed by atoms with Crippen LogP contribution in [0, 0.1) is 23.0 Å². The molecule has 4 aromatic rings. The Kier molecular flexibility index (Phi) is 9.72. The first kappa shape index (κ1) is 31.8. The monoisotopic (exact) mass is 664 g/mol. The van der Waals surface area contributed by atoms with E-state index >= 15 is 0 Å². The van der Waals surface area contributed by atoms with Crippen molar-refractivity contribution in [1.82, 2.24) is 25.9 Å². The molecule has 9 nitrogen and oxygen atoms in total. The zero-order valence-electron chi connectivity index (χ0n) is 25.0. The number of ether oxygens (including phenoxy) is 1. The number of hydrazine groups is 2. The maximum atomic E-state index is 14.0. The minimum atomic E-state index is -0.552. The van der Waals surface area contributed by atoms with Crippen molar-refractivity contribution >= 4 is 51.2 Å². The Morgan fingerprint density at radius 3 is 2.54 bits per heavy atom. The van der Waals surface area contributed by atoms with E-state index in [1.54, 1.807) is 25.3 Å². The molecule has 0 aliphatic carbocycles. The first-order chi connectivity index (χ1) is 22.3. The van der Waals surface area contributed by atoms with Gasteiger partial charge >= 0.3 is 0 Å². The minimum absolute atomic E-state index is 0.0546. The summed E-state index contributed by atoms with van der Waals surface area (Å²) in [7, 11) is 1.72. The summed E-state index contributed by atoms with van der Waals surface area (Å²) in [6.07, 6.45) is 5.45. The summed E-state index contributed by atoms with van der Waals surface area (Å²) in [5, 5.41) is 19.6. The van der Waals surface area contributed by atoms with Gasteiger partial charge in [-0.05, 0) is 60.9 Å². The lowest BCUT2D eigenvalue weighted by Gasteiger charge is -2.36. The van der Waals surface area contributed by atoms with E-state index in [1.165, 1.54) is 36.5 Å². The van der Waals surface area contributed by atoms with E-state index in [9.17, 15) is 14.0 Å². The summed E-state index contributed by atoms with van der Waals surface area (Å²) in [6.45, 7) is 3.59. The molecule has 3 aromatic carbocycles. The molecule has 0 spiro atoms. The van der Waals surface area contributed by atoms with Gasteiger partial charge < -0.3 is 25.7 Å². The summed E-state index contributed by atoms with van der Waals surface area (Å²) in [6, 6.07) is 16.2. The molecule has 0 radical (unpaired) electrons. The average Bonchev–Trinajstić information content (AvgIpc) is 3.55. The first-order valence-electron chi connectivity index (χ1n) is 14.8. The highest BCUT2D eigenvalue weighted by Crippen LogP contribution is 2.37. The van der Waals surface area contributed by atoms with Gasteiger partial charge in [0.2, 0.25) is 0 Å². The molecular formula is C33H32Cl2F2N8O. The molecule has 1 saturated heterocycles. The highest BCUT2D eigenvalue weighted by atomic mass is 35.5. The van der Waals surface area contributed by atoms with Gasteiger partial charge in [-0.1, -0.05) is 35.3 Å². The van der Waals surface area contributed by atoms with E-state index in [2.05, 4.69) is 42.6 Å². The third-order valence-corrected chi connectivity index (χ3v) is 8.81. The highest BCUT2D eigenvalue weighted by molar-refractivity contribution is 6.36. The average molecular weight is 666 g/mol. The molecule has 6 rings (SSSR count). The van der Waals surface area contributed by atoms with Crippen LogP contribution in [0.2, 0.25) is 10.0 Å². The van der Waals surface area contributed by atoms with Crippen molar-refractivity contribution in [3.63, 3.8) is 0 Å². The number of hydrogen-bond donors (Lipinski definition) is 4. The molecule has 1 atom stereocenters. The van der Waals surface area contributed by atoms with Crippen molar-refractivity contribution in [3.05, 3.63) is 105 Å². The van der Waals surface area contributed by atoms with Crippen molar-refractivity contribution < 1.29 is 13.5 Å². The number of anilines is 3. The molecular weight excluding hydrogens is 633 g/mol. The second-order valence-electron chi connectivity index (χ2n) is 11.2. The Labute approximate surface area is 275 Å². The number of rotatable bonds is 10. The lowest BCUT2D eigenvalue weighted by molar-refractivity contribution is 0.0869. The number of hydrogen-bond acceptors (Lipinski definition) is 9. The van der Waals surface area contributed by atoms with Crippen molar-refractivity contribution in [2.45, 2.75) is 24.9 Å². The largest absolute Gasteiger partial charge is 0.383 e. The standard InChI is InChI=1S/C33H32Cl2F2N8O/c1-46-13-12-44-10-8-25(9-11-44)45-19-30(42-43-45)32(20-2-4-22(36)5-3-20)41-24-14-26-31(40-23-6-7-29(37)27(34)15-23)21(17-38)18-39-33(26)28(35)16-24/h2-7,14-16,18-19,25,32,41-43H,8-13H2,1H3,(H,39,40)/t32-/m0/s1. The predicted molar refractivity (Wildman–Crippen MR) is 176 cm³/mol. The third-order valence-electron chi connectivity index (χ3n) is 8.23. The number of nitriles is 1. The molecule has 1 aromatic heterocycles. The summed E-state index contributed by atoms with van der Waals surface area (Å²) in [5.74, 6) is -0.889. The molecule has 0 unspecified atom stereocenters. The second kappa shape index (κ2) is 14.1. The molecule has 13 heteroatoms. The van der Waals surface area contributed by atoms with Crippen LogP contribution in [0.25, 0.3) is 10.9 Å². The summed E-state index contributed by atoms with van der Waals surface area (Å²) < 4.78 is 33.0. The number of aromatic nitrogens is 1. The van der Waals surface area contributed by atoms with E-state index in [0.29, 0.717) is 39.6 Å². The summed E-state index contributed by atoms with van der Waals surface area (Å²) in [5.41, 5.74) is 10.6. The fourth-order valence-corrected chi connectivity index (χ4v) is 6.22. The van der Waals surface area contributed by atoms with E-state index in [0.717, 1.165) is 43.7 Å². The van der Waals surface area contributed by atoms with Gasteiger partial charge in [0.25, 0.3) is 0 Å². The zero-order chi connectivity index (χ0) is 32.2. The molecule has 3 heterocycles. The lowest BCUT2D eigenvalue weighted by Crippen LogP contribution is -2.49. The number of benzene rings is 3. The van der Waals surface area contributed by atoms with Crippen LogP contribution in [0.15, 0.2) is 72.7 Å². The van der Waals surface area contributed by atoms with Crippen LogP contribution in [-0.4, -0.2) is 54.3 Å². The molecule has 0 amide bonds. The van der Waals surface area contributed by atoms with Crippen molar-refractivity contribution in [2.75, 3.05) is 44.0 Å². The van der Waals surface area contributed by atoms with E-state index in [-0.39, 0.29) is 22.4 Å². The first-order valence-corrected chi connectivity index (χ1v) is 15.6. The van der Waals surface area contributed by atoms with Crippen molar-refractivity contribution in [3.8, 4) is 6.07 Å². The SMILES string of the molecule is COCCN1CCC(N2C=C([C@@H](Nc3cc(Cl)c4ncc(C#N)c(Nc5ccc(F)c(Cl)c5)c4c3)c3ccc(F)cc3)NN2)CC1. The molecule has 238 valence electrons. The Morgan fingerprint density at radius 2 is 1.83 bits per heavy atom. The minimum Gasteiger partial charge on any atom is -0.383 e. The van der Waals surface area contributed by atoms with Crippen LogP contribution >= 0.6 is 23.2 Å². The maximum absolute atomic E-state index is 14.0. The number of nitrogens with one attached hydrogen (secondary N) is 4. The number of nitrogens with zero attached hydrogens (tertiary/aromatic N) is 4. The number of likely N-dealkylation sites (tertiary alicyclic amines) is 1. The van der Waals surface area contributed by atoms with Gasteiger partial charge in [0.05, 0.1) is 45.2 Å². The van der Waals surface area contributed by atoms with Crippen LogP contribution in [0.5, 0.6) is 0 Å². The summed E-state index contributed by atoms with van der Waals surface area (Å²) >= 11 is 12.8. The van der Waals surface area contributed by atoms with Crippen LogP contribution in [-0.2, 0) is 4.74 Å². The Hall–Kier alpha value is -4.18. The van der Waals surface area contributed by atoms with Gasteiger partial charge in [0.1, 0.15) is 17.7 Å². The van der Waals surface area contributed by atoms with Crippen LogP contribution in [0.4, 0.5) is 25.8 Å². The van der Waals surface area contributed by atoms with Crippen LogP contribution < -0.4 is 21.6 Å². The fourth-order valence-electron chi connectivity index (χ4n) is 5.77. The Bertz CT molecular complexity index is 1790. The second-order valence-corrected chi connectivity index (χ2v) is 12.0. The fraction of sp³-hybridized carbons (Fsp3) is 0.273. The third kappa shape index (κ3) is 6.97. The number of methoxy groups -OCH3 is 1. The lowest BCUT2D eigenvalue weighted by atomic mass is 10.0. The van der Waals surface area contributed by atoms with Crippen molar-refractivity contribution in [1.29, 1.82) is 5.26 Å².